The van der Waals surface area contributed by atoms with Crippen molar-refractivity contribution in [3.63, 3.8) is 0 Å². The minimum Gasteiger partial charge on any atom is -0.477 e. The molecule has 2 aromatic heterocycles. The zero-order valence-electron chi connectivity index (χ0n) is 19.0. The monoisotopic (exact) mass is 546 g/mol. The summed E-state index contributed by atoms with van der Waals surface area (Å²) in [6, 6.07) is -0.479. The smallest absolute Gasteiger partial charge is 0.348 e. The summed E-state index contributed by atoms with van der Waals surface area (Å²) in [5, 5.41) is 15.7. The third kappa shape index (κ3) is 6.05. The second-order valence-electron chi connectivity index (χ2n) is 7.38. The predicted octanol–water partition coefficient (Wildman–Crippen LogP) is 2.16. The molecule has 0 aromatic carbocycles. The molecule has 0 fully saturated rings. The fraction of sp³-hybridized carbons (Fsp3) is 0.400. The zero-order valence-corrected chi connectivity index (χ0v) is 21.4. The van der Waals surface area contributed by atoms with Crippen LogP contribution < -0.4 is 21.0 Å². The number of methoxy groups -OCH3 is 1. The molecule has 15 heteroatoms. The molecule has 190 valence electrons. The van der Waals surface area contributed by atoms with Gasteiger partial charge >= 0.3 is 5.97 Å². The van der Waals surface area contributed by atoms with Gasteiger partial charge in [0.2, 0.25) is 0 Å². The first-order valence-corrected chi connectivity index (χ1v) is 11.9. The van der Waals surface area contributed by atoms with E-state index in [4.69, 9.17) is 32.8 Å². The van der Waals surface area contributed by atoms with Crippen molar-refractivity contribution in [2.45, 2.75) is 19.4 Å². The van der Waals surface area contributed by atoms with Gasteiger partial charge in [0.25, 0.3) is 11.8 Å². The highest BCUT2D eigenvalue weighted by Crippen LogP contribution is 2.31. The molecule has 5 N–H and O–H groups in total. The number of carboxylic acid groups (broad SMARTS) is 1. The standard InChI is InChI=1S/C20H24Cl2N6O6S/c1-9-12(21)13(22)14(24-9)18(30)25-10-4-6-28(8-11(10)27-34-3)20-26-15(16(35-20)19(31)32)17(29)23-5-7-33-2/h8,10,24,27H,4-7H2,1-3H3,(H,23,29)(H,25,30)(H,31,32). The Morgan fingerprint density at radius 1 is 1.29 bits per heavy atom. The lowest BCUT2D eigenvalue weighted by atomic mass is 10.1. The van der Waals surface area contributed by atoms with Crippen LogP contribution in [0.15, 0.2) is 11.9 Å². The van der Waals surface area contributed by atoms with Crippen LogP contribution in [-0.4, -0.2) is 72.8 Å². The average molecular weight is 547 g/mol. The number of aromatic nitrogens is 2. The fourth-order valence-electron chi connectivity index (χ4n) is 3.30. The number of thiazole rings is 1. The number of hydrogen-bond donors (Lipinski definition) is 5. The van der Waals surface area contributed by atoms with Crippen LogP contribution in [0.5, 0.6) is 0 Å². The SMILES string of the molecule is COCCNC(=O)c1nc(N2C=C(NOC)C(NC(=O)c3[nH]c(C)c(Cl)c3Cl)CC2)sc1C(=O)O. The van der Waals surface area contributed by atoms with Crippen LogP contribution in [0, 0.1) is 6.92 Å². The number of carboxylic acids is 1. The van der Waals surface area contributed by atoms with E-state index in [0.29, 0.717) is 29.5 Å². The molecule has 0 saturated heterocycles. The maximum absolute atomic E-state index is 12.8. The number of aryl methyl sites for hydroxylation is 1. The van der Waals surface area contributed by atoms with Crippen LogP contribution in [0.25, 0.3) is 0 Å². The lowest BCUT2D eigenvalue weighted by molar-refractivity contribution is 0.0695. The van der Waals surface area contributed by atoms with E-state index in [1.54, 1.807) is 18.0 Å². The van der Waals surface area contributed by atoms with Gasteiger partial charge in [-0.15, -0.1) is 0 Å². The number of nitrogens with one attached hydrogen (secondary N) is 4. The van der Waals surface area contributed by atoms with E-state index < -0.39 is 23.8 Å². The number of rotatable bonds is 10. The van der Waals surface area contributed by atoms with Crippen LogP contribution in [0.3, 0.4) is 0 Å². The molecule has 0 saturated carbocycles. The van der Waals surface area contributed by atoms with E-state index >= 15 is 0 Å². The molecule has 3 rings (SSSR count). The number of anilines is 1. The van der Waals surface area contributed by atoms with E-state index in [-0.39, 0.29) is 39.5 Å². The highest BCUT2D eigenvalue weighted by molar-refractivity contribution is 7.17. The van der Waals surface area contributed by atoms with E-state index in [0.717, 1.165) is 11.3 Å². The fourth-order valence-corrected chi connectivity index (χ4v) is 4.62. The number of halogens is 2. The highest BCUT2D eigenvalue weighted by Gasteiger charge is 2.30. The molecule has 0 radical (unpaired) electrons. The summed E-state index contributed by atoms with van der Waals surface area (Å²) in [6.45, 7) is 2.56. The van der Waals surface area contributed by atoms with Crippen molar-refractivity contribution < 1.29 is 29.1 Å². The lowest BCUT2D eigenvalue weighted by Gasteiger charge is -2.31. The van der Waals surface area contributed by atoms with Crippen molar-refractivity contribution in [1.29, 1.82) is 0 Å². The van der Waals surface area contributed by atoms with Gasteiger partial charge in [-0.3, -0.25) is 19.9 Å². The van der Waals surface area contributed by atoms with E-state index in [1.165, 1.54) is 14.2 Å². The Morgan fingerprint density at radius 2 is 2.03 bits per heavy atom. The van der Waals surface area contributed by atoms with Gasteiger partial charge in [0.15, 0.2) is 10.8 Å². The van der Waals surface area contributed by atoms with Gasteiger partial charge < -0.3 is 30.4 Å². The lowest BCUT2D eigenvalue weighted by Crippen LogP contribution is -2.46. The number of carbonyl (C=O) groups excluding carboxylic acids is 2. The zero-order chi connectivity index (χ0) is 25.7. The summed E-state index contributed by atoms with van der Waals surface area (Å²) < 4.78 is 4.89. The molecule has 1 atom stereocenters. The van der Waals surface area contributed by atoms with Gasteiger partial charge in [-0.25, -0.2) is 9.78 Å². The summed E-state index contributed by atoms with van der Waals surface area (Å²) in [6.07, 6.45) is 2.04. The van der Waals surface area contributed by atoms with Gasteiger partial charge in [-0.1, -0.05) is 34.5 Å². The van der Waals surface area contributed by atoms with Gasteiger partial charge in [-0.2, -0.15) is 0 Å². The molecule has 2 amide bonds. The maximum Gasteiger partial charge on any atom is 0.348 e. The number of H-pyrrole nitrogens is 1. The van der Waals surface area contributed by atoms with E-state index in [1.807, 2.05) is 0 Å². The molecule has 35 heavy (non-hydrogen) atoms. The molecule has 1 aliphatic rings. The Morgan fingerprint density at radius 3 is 2.63 bits per heavy atom. The van der Waals surface area contributed by atoms with Gasteiger partial charge in [0.05, 0.1) is 35.5 Å². The van der Waals surface area contributed by atoms with Gasteiger partial charge in [0.1, 0.15) is 10.6 Å². The topological polar surface area (TPSA) is 158 Å². The molecule has 1 unspecified atom stereocenters. The molecule has 2 aromatic rings. The molecule has 0 aliphatic carbocycles. The van der Waals surface area contributed by atoms with Crippen molar-refractivity contribution in [3.8, 4) is 0 Å². The molecule has 12 nitrogen and oxygen atoms in total. The Balaban J connectivity index is 1.82. The second-order valence-corrected chi connectivity index (χ2v) is 9.11. The highest BCUT2D eigenvalue weighted by atomic mass is 35.5. The minimum atomic E-state index is -1.26. The first-order valence-electron chi connectivity index (χ1n) is 10.3. The van der Waals surface area contributed by atoms with Crippen molar-refractivity contribution in [2.24, 2.45) is 0 Å². The van der Waals surface area contributed by atoms with Crippen molar-refractivity contribution in [3.05, 3.63) is 43.9 Å². The van der Waals surface area contributed by atoms with Gasteiger partial charge in [0, 0.05) is 32.1 Å². The van der Waals surface area contributed by atoms with Crippen LogP contribution in [0.2, 0.25) is 10.0 Å². The maximum atomic E-state index is 12.8. The first-order chi connectivity index (χ1) is 16.7. The Bertz CT molecular complexity index is 1150. The molecule has 0 bridgehead atoms. The first kappa shape index (κ1) is 26.8. The van der Waals surface area contributed by atoms with Crippen LogP contribution in [-0.2, 0) is 9.57 Å². The minimum absolute atomic E-state index is 0.129. The van der Waals surface area contributed by atoms with Crippen molar-refractivity contribution in [2.75, 3.05) is 38.8 Å². The van der Waals surface area contributed by atoms with Crippen LogP contribution >= 0.6 is 34.5 Å². The number of hydroxylamine groups is 1. The Kier molecular flexibility index (Phi) is 8.97. The Hall–Kier alpha value is -2.84. The van der Waals surface area contributed by atoms with Gasteiger partial charge in [-0.05, 0) is 13.3 Å². The third-order valence-electron chi connectivity index (χ3n) is 5.00. The molecular weight excluding hydrogens is 523 g/mol. The predicted molar refractivity (Wildman–Crippen MR) is 130 cm³/mol. The van der Waals surface area contributed by atoms with E-state index in [2.05, 4.69) is 26.1 Å². The third-order valence-corrected chi connectivity index (χ3v) is 7.03. The Labute approximate surface area is 214 Å². The normalized spacial score (nSPS) is 15.5. The molecule has 1 aliphatic heterocycles. The quantitative estimate of drug-likeness (QED) is 0.222. The number of aromatic amines is 1. The van der Waals surface area contributed by atoms with Crippen LogP contribution in [0.1, 0.15) is 42.8 Å². The number of carbonyl (C=O) groups is 3. The van der Waals surface area contributed by atoms with Crippen molar-refractivity contribution >= 4 is 57.5 Å². The molecule has 3 heterocycles. The number of amides is 2. The number of nitrogens with zero attached hydrogens (tertiary/aromatic N) is 2. The summed E-state index contributed by atoms with van der Waals surface area (Å²) in [5.41, 5.74) is 3.73. The van der Waals surface area contributed by atoms with Crippen LogP contribution in [0.4, 0.5) is 5.13 Å². The molecule has 0 spiro atoms. The summed E-state index contributed by atoms with van der Waals surface area (Å²) in [5.74, 6) is -2.33. The summed E-state index contributed by atoms with van der Waals surface area (Å²) in [7, 11) is 2.90. The average Bonchev–Trinajstić information content (AvgIpc) is 3.38. The molecular formula is C20H24Cl2N6O6S. The van der Waals surface area contributed by atoms with E-state index in [9.17, 15) is 19.5 Å². The largest absolute Gasteiger partial charge is 0.477 e. The second kappa shape index (κ2) is 11.7. The van der Waals surface area contributed by atoms with Crippen molar-refractivity contribution in [1.82, 2.24) is 26.1 Å². The number of aromatic carboxylic acids is 1. The summed E-state index contributed by atoms with van der Waals surface area (Å²) >= 11 is 13.1. The summed E-state index contributed by atoms with van der Waals surface area (Å²) in [4.78, 5) is 50.6. The number of ether oxygens (including phenoxy) is 1. The number of hydrogen-bond acceptors (Lipinski definition) is 9.